The van der Waals surface area contributed by atoms with Crippen LogP contribution in [0.1, 0.15) is 38.8 Å². The van der Waals surface area contributed by atoms with Crippen molar-refractivity contribution in [2.45, 2.75) is 44.9 Å². The van der Waals surface area contributed by atoms with Crippen LogP contribution in [0.4, 0.5) is 4.39 Å². The summed E-state index contributed by atoms with van der Waals surface area (Å²) in [6.07, 6.45) is 0.493. The summed E-state index contributed by atoms with van der Waals surface area (Å²) in [5, 5.41) is 2.96. The van der Waals surface area contributed by atoms with Crippen LogP contribution in [0.15, 0.2) is 24.3 Å². The molecule has 0 bridgehead atoms. The Hall–Kier alpha value is -1.50. The maximum atomic E-state index is 13.5. The minimum Gasteiger partial charge on any atom is -0.378 e. The first-order chi connectivity index (χ1) is 11.6. The number of benzene rings is 1. The summed E-state index contributed by atoms with van der Waals surface area (Å²) in [7, 11) is 3.80. The van der Waals surface area contributed by atoms with Gasteiger partial charge in [0.15, 0.2) is 0 Å². The molecule has 140 valence electrons. The highest BCUT2D eigenvalue weighted by Crippen LogP contribution is 2.49. The quantitative estimate of drug-likeness (QED) is 0.789. The number of carbonyl (C=O) groups excluding carboxylic acids is 1. The average Bonchev–Trinajstić information content (AvgIpc) is 2.54. The first-order valence-corrected chi connectivity index (χ1v) is 8.74. The van der Waals surface area contributed by atoms with Crippen molar-refractivity contribution >= 4 is 5.91 Å². The molecule has 3 N–H and O–H groups in total. The molecule has 1 aromatic rings. The standard InChI is InChI=1S/C19H30FN3O2/c1-6-25-16-11-19(21,18(16,2)3)17(24)22-12-15(23(4)5)13-8-7-9-14(20)10-13/h7-10,15-16H,6,11-12,21H2,1-5H3,(H,22,24). The SMILES string of the molecule is CCOC1CC(N)(C(=O)NCC(c2cccc(F)c2)N(C)C)C1(C)C. The maximum absolute atomic E-state index is 13.5. The molecule has 0 heterocycles. The van der Waals surface area contributed by atoms with Crippen LogP contribution in [-0.4, -0.2) is 49.7 Å². The lowest BCUT2D eigenvalue weighted by molar-refractivity contribution is -0.170. The van der Waals surface area contributed by atoms with E-state index in [0.29, 0.717) is 19.6 Å². The number of halogens is 1. The summed E-state index contributed by atoms with van der Waals surface area (Å²) in [5.41, 5.74) is 5.84. The number of carbonyl (C=O) groups is 1. The predicted octanol–water partition coefficient (Wildman–Crippen LogP) is 2.08. The lowest BCUT2D eigenvalue weighted by Gasteiger charge is -2.57. The first-order valence-electron chi connectivity index (χ1n) is 8.74. The Morgan fingerprint density at radius 2 is 2.16 bits per heavy atom. The molecular formula is C19H30FN3O2. The van der Waals surface area contributed by atoms with Crippen LogP contribution in [0.3, 0.4) is 0 Å². The summed E-state index contributed by atoms with van der Waals surface area (Å²) in [6.45, 7) is 6.84. The van der Waals surface area contributed by atoms with Gasteiger partial charge in [0.2, 0.25) is 5.91 Å². The fourth-order valence-electron chi connectivity index (χ4n) is 3.48. The van der Waals surface area contributed by atoms with Crippen LogP contribution in [0.2, 0.25) is 0 Å². The van der Waals surface area contributed by atoms with Crippen LogP contribution in [-0.2, 0) is 9.53 Å². The van der Waals surface area contributed by atoms with Gasteiger partial charge in [-0.1, -0.05) is 26.0 Å². The summed E-state index contributed by atoms with van der Waals surface area (Å²) in [6, 6.07) is 6.31. The molecule has 2 rings (SSSR count). The van der Waals surface area contributed by atoms with E-state index in [2.05, 4.69) is 5.32 Å². The van der Waals surface area contributed by atoms with Gasteiger partial charge in [-0.25, -0.2) is 4.39 Å². The molecule has 3 unspecified atom stereocenters. The van der Waals surface area contributed by atoms with Gasteiger partial charge in [-0.3, -0.25) is 4.79 Å². The number of nitrogens with zero attached hydrogens (tertiary/aromatic N) is 1. The first kappa shape index (κ1) is 19.8. The Morgan fingerprint density at radius 1 is 1.48 bits per heavy atom. The maximum Gasteiger partial charge on any atom is 0.240 e. The topological polar surface area (TPSA) is 67.6 Å². The molecule has 5 nitrogen and oxygen atoms in total. The third-order valence-corrected chi connectivity index (χ3v) is 5.55. The van der Waals surface area contributed by atoms with Crippen molar-refractivity contribution < 1.29 is 13.9 Å². The van der Waals surface area contributed by atoms with Crippen molar-refractivity contribution in [3.63, 3.8) is 0 Å². The van der Waals surface area contributed by atoms with Crippen molar-refractivity contribution in [3.8, 4) is 0 Å². The predicted molar refractivity (Wildman–Crippen MR) is 96.6 cm³/mol. The van der Waals surface area contributed by atoms with Crippen LogP contribution in [0.5, 0.6) is 0 Å². The molecule has 1 saturated carbocycles. The summed E-state index contributed by atoms with van der Waals surface area (Å²) in [5.74, 6) is -0.470. The van der Waals surface area contributed by atoms with Crippen molar-refractivity contribution in [1.29, 1.82) is 0 Å². The largest absolute Gasteiger partial charge is 0.378 e. The number of amides is 1. The van der Waals surface area contributed by atoms with E-state index >= 15 is 0 Å². The molecule has 0 spiro atoms. The minimum absolute atomic E-state index is 0.0129. The minimum atomic E-state index is -0.953. The van der Waals surface area contributed by atoms with Gasteiger partial charge in [-0.15, -0.1) is 0 Å². The van der Waals surface area contributed by atoms with Crippen LogP contribution in [0.25, 0.3) is 0 Å². The second kappa shape index (κ2) is 7.40. The van der Waals surface area contributed by atoms with E-state index in [9.17, 15) is 9.18 Å². The third kappa shape index (κ3) is 3.71. The summed E-state index contributed by atoms with van der Waals surface area (Å²) < 4.78 is 19.2. The van der Waals surface area contributed by atoms with Gasteiger partial charge in [0.1, 0.15) is 11.4 Å². The highest BCUT2D eigenvalue weighted by Gasteiger charge is 2.62. The highest BCUT2D eigenvalue weighted by molar-refractivity contribution is 5.88. The number of hydrogen-bond acceptors (Lipinski definition) is 4. The Labute approximate surface area is 149 Å². The molecule has 1 amide bonds. The zero-order chi connectivity index (χ0) is 18.8. The normalized spacial score (nSPS) is 26.2. The van der Waals surface area contributed by atoms with Gasteiger partial charge >= 0.3 is 0 Å². The molecule has 25 heavy (non-hydrogen) atoms. The van der Waals surface area contributed by atoms with Crippen LogP contribution in [0, 0.1) is 11.2 Å². The van der Waals surface area contributed by atoms with Crippen molar-refractivity contribution in [2.75, 3.05) is 27.2 Å². The second-order valence-corrected chi connectivity index (χ2v) is 7.59. The monoisotopic (exact) mass is 351 g/mol. The molecule has 1 aromatic carbocycles. The van der Waals surface area contributed by atoms with Gasteiger partial charge < -0.3 is 20.7 Å². The van der Waals surface area contributed by atoms with Gasteiger partial charge in [-0.2, -0.15) is 0 Å². The number of hydrogen-bond donors (Lipinski definition) is 2. The van der Waals surface area contributed by atoms with E-state index in [1.54, 1.807) is 6.07 Å². The summed E-state index contributed by atoms with van der Waals surface area (Å²) >= 11 is 0. The lowest BCUT2D eigenvalue weighted by Crippen LogP contribution is -2.76. The molecule has 0 radical (unpaired) electrons. The van der Waals surface area contributed by atoms with Gasteiger partial charge in [0.05, 0.1) is 12.1 Å². The molecule has 1 aliphatic rings. The van der Waals surface area contributed by atoms with E-state index in [1.807, 2.05) is 45.8 Å². The van der Waals surface area contributed by atoms with Gasteiger partial charge in [0, 0.05) is 25.0 Å². The number of nitrogens with two attached hydrogens (primary N) is 1. The average molecular weight is 351 g/mol. The zero-order valence-electron chi connectivity index (χ0n) is 15.8. The number of likely N-dealkylation sites (N-methyl/N-ethyl adjacent to an activating group) is 1. The summed E-state index contributed by atoms with van der Waals surface area (Å²) in [4.78, 5) is 14.7. The van der Waals surface area contributed by atoms with E-state index in [1.165, 1.54) is 12.1 Å². The molecule has 0 aromatic heterocycles. The second-order valence-electron chi connectivity index (χ2n) is 7.59. The fraction of sp³-hybridized carbons (Fsp3) is 0.632. The van der Waals surface area contributed by atoms with Crippen molar-refractivity contribution in [3.05, 3.63) is 35.6 Å². The molecule has 0 saturated heterocycles. The van der Waals surface area contributed by atoms with Gasteiger partial charge in [-0.05, 0) is 38.7 Å². The molecule has 1 fully saturated rings. The Balaban J connectivity index is 2.05. The van der Waals surface area contributed by atoms with Gasteiger partial charge in [0.25, 0.3) is 0 Å². The molecule has 0 aliphatic heterocycles. The number of rotatable bonds is 7. The number of nitrogens with one attached hydrogen (secondary N) is 1. The Bertz CT molecular complexity index is 620. The van der Waals surface area contributed by atoms with E-state index in [-0.39, 0.29) is 23.9 Å². The Kier molecular flexibility index (Phi) is 5.86. The Morgan fingerprint density at radius 3 is 2.68 bits per heavy atom. The van der Waals surface area contributed by atoms with Crippen LogP contribution < -0.4 is 11.1 Å². The third-order valence-electron chi connectivity index (χ3n) is 5.55. The zero-order valence-corrected chi connectivity index (χ0v) is 15.8. The van der Waals surface area contributed by atoms with Crippen LogP contribution >= 0.6 is 0 Å². The van der Waals surface area contributed by atoms with Crippen molar-refractivity contribution in [2.24, 2.45) is 11.1 Å². The van der Waals surface area contributed by atoms with Crippen molar-refractivity contribution in [1.82, 2.24) is 10.2 Å². The number of ether oxygens (including phenoxy) is 1. The molecule has 6 heteroatoms. The van der Waals surface area contributed by atoms with E-state index in [0.717, 1.165) is 5.56 Å². The van der Waals surface area contributed by atoms with E-state index < -0.39 is 11.0 Å². The highest BCUT2D eigenvalue weighted by atomic mass is 19.1. The molecular weight excluding hydrogens is 321 g/mol. The fourth-order valence-corrected chi connectivity index (χ4v) is 3.48. The smallest absolute Gasteiger partial charge is 0.240 e. The molecule has 3 atom stereocenters. The lowest BCUT2D eigenvalue weighted by atomic mass is 9.54. The van der Waals surface area contributed by atoms with E-state index in [4.69, 9.17) is 10.5 Å². The molecule has 1 aliphatic carbocycles.